The zero-order valence-corrected chi connectivity index (χ0v) is 21.7. The highest BCUT2D eigenvalue weighted by Gasteiger charge is 2.39. The van der Waals surface area contributed by atoms with Crippen LogP contribution in [-0.4, -0.2) is 35.2 Å². The Morgan fingerprint density at radius 1 is 1.08 bits per heavy atom. The third-order valence-electron chi connectivity index (χ3n) is 6.17. The Morgan fingerprint density at radius 2 is 1.86 bits per heavy atom. The van der Waals surface area contributed by atoms with Gasteiger partial charge in [-0.3, -0.25) is 9.79 Å². The first-order valence-corrected chi connectivity index (χ1v) is 12.4. The van der Waals surface area contributed by atoms with E-state index < -0.39 is 22.9 Å². The summed E-state index contributed by atoms with van der Waals surface area (Å²) in [7, 11) is 0. The van der Waals surface area contributed by atoms with Crippen molar-refractivity contribution in [3.63, 3.8) is 0 Å². The Balaban J connectivity index is 1.81. The second-order valence-corrected chi connectivity index (χ2v) is 9.66. The van der Waals surface area contributed by atoms with E-state index in [2.05, 4.69) is 4.99 Å². The van der Waals surface area contributed by atoms with E-state index in [0.717, 1.165) is 6.42 Å². The van der Waals surface area contributed by atoms with Crippen molar-refractivity contribution >= 4 is 41.2 Å². The number of allylic oxidation sites excluding steroid dienone is 1. The van der Waals surface area contributed by atoms with E-state index in [-0.39, 0.29) is 17.2 Å². The van der Waals surface area contributed by atoms with Crippen LogP contribution in [-0.2, 0) is 6.42 Å². The van der Waals surface area contributed by atoms with Gasteiger partial charge in [-0.05, 0) is 90.2 Å². The Hall–Kier alpha value is -3.48. The van der Waals surface area contributed by atoms with Gasteiger partial charge in [0.2, 0.25) is 0 Å². The summed E-state index contributed by atoms with van der Waals surface area (Å²) in [6.07, 6.45) is 5.95. The minimum absolute atomic E-state index is 0.163. The molecule has 190 valence electrons. The fourth-order valence-electron chi connectivity index (χ4n) is 4.32. The summed E-state index contributed by atoms with van der Waals surface area (Å²) in [5, 5.41) is 10.1. The average Bonchev–Trinajstić information content (AvgIpc) is 3.32. The number of aliphatic imine (C=N–C) groups is 1. The topological polar surface area (TPSA) is 76.0 Å². The number of aromatic carboxylic acids is 1. The summed E-state index contributed by atoms with van der Waals surface area (Å²) >= 11 is 12.4. The number of Topliss-reactive ketones (excluding diaryl/α,β-unsaturated/α-hetero) is 1. The first kappa shape index (κ1) is 26.6. The summed E-state index contributed by atoms with van der Waals surface area (Å²) in [6, 6.07) is 12.6. The normalized spacial score (nSPS) is 16.2. The van der Waals surface area contributed by atoms with Crippen molar-refractivity contribution in [3.8, 4) is 16.9 Å². The number of carboxylic acids is 1. The summed E-state index contributed by atoms with van der Waals surface area (Å²) in [5.74, 6) is -1.87. The van der Waals surface area contributed by atoms with Gasteiger partial charge >= 0.3 is 5.97 Å². The van der Waals surface area contributed by atoms with E-state index in [1.807, 2.05) is 13.0 Å². The lowest BCUT2D eigenvalue weighted by Gasteiger charge is -2.25. The summed E-state index contributed by atoms with van der Waals surface area (Å²) in [5.41, 5.74) is 1.11. The smallest absolute Gasteiger partial charge is 0.338 e. The molecule has 0 spiro atoms. The number of nitrogens with zero attached hydrogens (tertiary/aromatic N) is 1. The van der Waals surface area contributed by atoms with E-state index in [0.29, 0.717) is 45.2 Å². The number of benzene rings is 3. The summed E-state index contributed by atoms with van der Waals surface area (Å²) < 4.78 is 20.2. The molecule has 0 saturated carbocycles. The van der Waals surface area contributed by atoms with Crippen LogP contribution < -0.4 is 4.74 Å². The third-order valence-corrected chi connectivity index (χ3v) is 6.72. The highest BCUT2D eigenvalue weighted by atomic mass is 35.5. The second-order valence-electron chi connectivity index (χ2n) is 8.81. The number of ether oxygens (including phenoxy) is 1. The molecule has 3 aromatic carbocycles. The van der Waals surface area contributed by atoms with Crippen molar-refractivity contribution in [1.82, 2.24) is 0 Å². The largest absolute Gasteiger partial charge is 0.493 e. The molecule has 0 aromatic heterocycles. The molecule has 1 heterocycles. The molecule has 1 aliphatic heterocycles. The average molecular weight is 540 g/mol. The standard InChI is InChI=1S/C29H24Cl2FNO4/c1-3-11-37-26-8-5-18(22-15-23(28(35)36)25(32)12-17(22)2)13-19(26)16-29(9-4-10-33-29)27(34)21-7-6-20(30)14-24(21)31/h4-10,12-15H,3,11,16H2,1-2H3,(H,35,36). The molecule has 0 bridgehead atoms. The van der Waals surface area contributed by atoms with Crippen molar-refractivity contribution in [2.45, 2.75) is 32.2 Å². The van der Waals surface area contributed by atoms with Gasteiger partial charge < -0.3 is 9.84 Å². The lowest BCUT2D eigenvalue weighted by molar-refractivity contribution is 0.0691. The number of hydrogen-bond acceptors (Lipinski definition) is 4. The maximum atomic E-state index is 14.2. The van der Waals surface area contributed by atoms with Crippen LogP contribution in [0.25, 0.3) is 11.1 Å². The zero-order chi connectivity index (χ0) is 26.7. The van der Waals surface area contributed by atoms with Crippen LogP contribution in [0.4, 0.5) is 4.39 Å². The molecular weight excluding hydrogens is 516 g/mol. The first-order valence-electron chi connectivity index (χ1n) is 11.7. The van der Waals surface area contributed by atoms with E-state index >= 15 is 0 Å². The lowest BCUT2D eigenvalue weighted by Crippen LogP contribution is -2.36. The van der Waals surface area contributed by atoms with Gasteiger partial charge in [-0.15, -0.1) is 0 Å². The number of halogens is 3. The van der Waals surface area contributed by atoms with Gasteiger partial charge in [0.1, 0.15) is 17.1 Å². The molecule has 0 amide bonds. The van der Waals surface area contributed by atoms with Crippen molar-refractivity contribution in [2.75, 3.05) is 6.61 Å². The van der Waals surface area contributed by atoms with Gasteiger partial charge in [0, 0.05) is 23.2 Å². The van der Waals surface area contributed by atoms with Crippen LogP contribution in [0, 0.1) is 12.7 Å². The van der Waals surface area contributed by atoms with Crippen molar-refractivity contribution in [2.24, 2.45) is 4.99 Å². The number of aryl methyl sites for hydroxylation is 1. The quantitative estimate of drug-likeness (QED) is 0.287. The Morgan fingerprint density at radius 3 is 2.51 bits per heavy atom. The minimum atomic E-state index is -1.35. The highest BCUT2D eigenvalue weighted by molar-refractivity contribution is 6.37. The zero-order valence-electron chi connectivity index (χ0n) is 20.2. The van der Waals surface area contributed by atoms with Gasteiger partial charge in [0.15, 0.2) is 5.78 Å². The molecule has 0 saturated heterocycles. The van der Waals surface area contributed by atoms with Crippen LogP contribution in [0.15, 0.2) is 65.7 Å². The summed E-state index contributed by atoms with van der Waals surface area (Å²) in [6.45, 7) is 4.16. The molecule has 0 radical (unpaired) electrons. The maximum Gasteiger partial charge on any atom is 0.338 e. The maximum absolute atomic E-state index is 14.2. The van der Waals surface area contributed by atoms with E-state index in [1.54, 1.807) is 49.6 Å². The number of carbonyl (C=O) groups excluding carboxylic acids is 1. The number of hydrogen-bond donors (Lipinski definition) is 1. The number of rotatable bonds is 9. The van der Waals surface area contributed by atoms with E-state index in [9.17, 15) is 19.1 Å². The third kappa shape index (κ3) is 5.45. The molecule has 0 fully saturated rings. The second kappa shape index (κ2) is 10.9. The van der Waals surface area contributed by atoms with Gasteiger partial charge in [0.05, 0.1) is 17.2 Å². The van der Waals surface area contributed by atoms with Crippen LogP contribution in [0.2, 0.25) is 10.0 Å². The fourth-order valence-corrected chi connectivity index (χ4v) is 4.82. The monoisotopic (exact) mass is 539 g/mol. The molecular formula is C29H24Cl2FNO4. The van der Waals surface area contributed by atoms with Crippen molar-refractivity contribution < 1.29 is 23.8 Å². The molecule has 3 aromatic rings. The Bertz CT molecular complexity index is 1440. The molecule has 8 heteroatoms. The molecule has 0 aliphatic carbocycles. The van der Waals surface area contributed by atoms with E-state index in [4.69, 9.17) is 27.9 Å². The van der Waals surface area contributed by atoms with Gasteiger partial charge in [-0.25, -0.2) is 9.18 Å². The molecule has 5 nitrogen and oxygen atoms in total. The van der Waals surface area contributed by atoms with Crippen molar-refractivity contribution in [3.05, 3.63) is 98.8 Å². The fraction of sp³-hybridized carbons (Fsp3) is 0.207. The number of carboxylic acid groups (broad SMARTS) is 1. The Kier molecular flexibility index (Phi) is 7.81. The van der Waals surface area contributed by atoms with E-state index in [1.165, 1.54) is 18.2 Å². The predicted molar refractivity (Wildman–Crippen MR) is 144 cm³/mol. The molecule has 1 N–H and O–H groups in total. The first-order chi connectivity index (χ1) is 17.6. The van der Waals surface area contributed by atoms with Gasteiger partial charge in [-0.1, -0.05) is 36.2 Å². The van der Waals surface area contributed by atoms with Gasteiger partial charge in [0.25, 0.3) is 0 Å². The molecule has 1 atom stereocenters. The number of ketones is 1. The minimum Gasteiger partial charge on any atom is -0.493 e. The molecule has 1 aliphatic rings. The van der Waals surface area contributed by atoms with Crippen molar-refractivity contribution in [1.29, 1.82) is 0 Å². The highest BCUT2D eigenvalue weighted by Crippen LogP contribution is 2.37. The van der Waals surface area contributed by atoms with Crippen LogP contribution >= 0.6 is 23.2 Å². The molecule has 4 rings (SSSR count). The summed E-state index contributed by atoms with van der Waals surface area (Å²) in [4.78, 5) is 29.8. The van der Waals surface area contributed by atoms with Crippen LogP contribution in [0.1, 0.15) is 45.2 Å². The lowest BCUT2D eigenvalue weighted by atomic mass is 9.83. The van der Waals surface area contributed by atoms with Crippen LogP contribution in [0.5, 0.6) is 5.75 Å². The predicted octanol–water partition coefficient (Wildman–Crippen LogP) is 7.40. The molecule has 1 unspecified atom stereocenters. The number of carbonyl (C=O) groups is 2. The van der Waals surface area contributed by atoms with Gasteiger partial charge in [-0.2, -0.15) is 0 Å². The molecule has 37 heavy (non-hydrogen) atoms. The van der Waals surface area contributed by atoms with Crippen LogP contribution in [0.3, 0.4) is 0 Å². The Labute approximate surface area is 224 Å². The SMILES string of the molecule is CCCOc1ccc(-c2cc(C(=O)O)c(F)cc2C)cc1CC1(C(=O)c2ccc(Cl)cc2Cl)C=CC=N1.